The number of hydrogen-bond donors (Lipinski definition) is 0. The van der Waals surface area contributed by atoms with Crippen LogP contribution in [-0.4, -0.2) is 8.42 Å². The van der Waals surface area contributed by atoms with Crippen molar-refractivity contribution in [3.05, 3.63) is 66.2 Å². The van der Waals surface area contributed by atoms with E-state index in [0.717, 1.165) is 5.57 Å². The standard InChI is InChI=1S/C14H10O2S/c1-10-11-6-2-4-8-13(11)17(15,16)14-9-5-3-7-12(10)14/h2-9H,1H2. The summed E-state index contributed by atoms with van der Waals surface area (Å²) in [6.07, 6.45) is 0. The van der Waals surface area contributed by atoms with Crippen LogP contribution in [0.4, 0.5) is 0 Å². The zero-order chi connectivity index (χ0) is 12.0. The zero-order valence-electron chi connectivity index (χ0n) is 9.05. The molecule has 3 heteroatoms. The average molecular weight is 242 g/mol. The van der Waals surface area contributed by atoms with Crippen LogP contribution >= 0.6 is 0 Å². The second kappa shape index (κ2) is 3.31. The highest BCUT2D eigenvalue weighted by atomic mass is 32.2. The summed E-state index contributed by atoms with van der Waals surface area (Å²) in [6.45, 7) is 4.00. The summed E-state index contributed by atoms with van der Waals surface area (Å²) in [5, 5.41) is 0. The topological polar surface area (TPSA) is 34.1 Å². The highest BCUT2D eigenvalue weighted by Gasteiger charge is 2.30. The first-order valence-electron chi connectivity index (χ1n) is 5.25. The molecule has 0 aliphatic carbocycles. The van der Waals surface area contributed by atoms with Gasteiger partial charge in [0.1, 0.15) is 0 Å². The van der Waals surface area contributed by atoms with E-state index in [9.17, 15) is 8.42 Å². The maximum Gasteiger partial charge on any atom is 0.207 e. The van der Waals surface area contributed by atoms with Gasteiger partial charge in [-0.15, -0.1) is 0 Å². The zero-order valence-corrected chi connectivity index (χ0v) is 9.87. The SMILES string of the molecule is C=C1c2ccccc2S(=O)(=O)c2ccccc21. The average Bonchev–Trinajstić information content (AvgIpc) is 2.37. The smallest absolute Gasteiger partial charge is 0.207 e. The van der Waals surface area contributed by atoms with E-state index in [1.807, 2.05) is 12.1 Å². The Kier molecular flexibility index (Phi) is 2.00. The molecule has 0 aromatic heterocycles. The Morgan fingerprint density at radius 3 is 1.65 bits per heavy atom. The second-order valence-corrected chi connectivity index (χ2v) is 5.86. The monoisotopic (exact) mass is 242 g/mol. The Morgan fingerprint density at radius 1 is 0.765 bits per heavy atom. The molecule has 1 aliphatic rings. The fourth-order valence-electron chi connectivity index (χ4n) is 2.16. The van der Waals surface area contributed by atoms with Crippen LogP contribution in [0.5, 0.6) is 0 Å². The molecule has 0 amide bonds. The van der Waals surface area contributed by atoms with Crippen molar-refractivity contribution >= 4 is 15.4 Å². The lowest BCUT2D eigenvalue weighted by molar-refractivity contribution is 0.594. The predicted octanol–water partition coefficient (Wildman–Crippen LogP) is 2.89. The third-order valence-corrected chi connectivity index (χ3v) is 4.87. The van der Waals surface area contributed by atoms with Crippen LogP contribution < -0.4 is 0 Å². The van der Waals surface area contributed by atoms with Gasteiger partial charge >= 0.3 is 0 Å². The number of fused-ring (bicyclic) bond motifs is 2. The summed E-state index contributed by atoms with van der Waals surface area (Å²) in [5.74, 6) is 0. The van der Waals surface area contributed by atoms with Crippen molar-refractivity contribution in [1.82, 2.24) is 0 Å². The first kappa shape index (κ1) is 10.3. The van der Waals surface area contributed by atoms with Crippen molar-refractivity contribution in [2.45, 2.75) is 9.79 Å². The molecular formula is C14H10O2S. The van der Waals surface area contributed by atoms with E-state index in [1.54, 1.807) is 36.4 Å². The van der Waals surface area contributed by atoms with Gasteiger partial charge < -0.3 is 0 Å². The van der Waals surface area contributed by atoms with E-state index >= 15 is 0 Å². The van der Waals surface area contributed by atoms with Gasteiger partial charge in [-0.1, -0.05) is 43.0 Å². The highest BCUT2D eigenvalue weighted by molar-refractivity contribution is 7.91. The maximum atomic E-state index is 12.4. The Labute approximate surface area is 100 Å². The highest BCUT2D eigenvalue weighted by Crippen LogP contribution is 2.39. The van der Waals surface area contributed by atoms with E-state index in [-0.39, 0.29) is 0 Å². The lowest BCUT2D eigenvalue weighted by Gasteiger charge is -2.21. The van der Waals surface area contributed by atoms with Crippen molar-refractivity contribution in [1.29, 1.82) is 0 Å². The van der Waals surface area contributed by atoms with Crippen LogP contribution in [0, 0.1) is 0 Å². The number of hydrogen-bond acceptors (Lipinski definition) is 2. The van der Waals surface area contributed by atoms with Crippen LogP contribution in [0.3, 0.4) is 0 Å². The van der Waals surface area contributed by atoms with Crippen molar-refractivity contribution < 1.29 is 8.42 Å². The van der Waals surface area contributed by atoms with Gasteiger partial charge in [0.2, 0.25) is 9.84 Å². The predicted molar refractivity (Wildman–Crippen MR) is 66.5 cm³/mol. The van der Waals surface area contributed by atoms with E-state index in [4.69, 9.17) is 0 Å². The van der Waals surface area contributed by atoms with Crippen molar-refractivity contribution in [2.75, 3.05) is 0 Å². The van der Waals surface area contributed by atoms with Gasteiger partial charge in [0.05, 0.1) is 9.79 Å². The third-order valence-electron chi connectivity index (χ3n) is 3.00. The van der Waals surface area contributed by atoms with Crippen molar-refractivity contribution in [3.63, 3.8) is 0 Å². The Bertz CT molecular complexity index is 672. The van der Waals surface area contributed by atoms with Crippen molar-refractivity contribution in [2.24, 2.45) is 0 Å². The molecule has 0 bridgehead atoms. The molecule has 84 valence electrons. The van der Waals surface area contributed by atoms with Gasteiger partial charge in [0.25, 0.3) is 0 Å². The minimum absolute atomic E-state index is 0.351. The molecule has 0 atom stereocenters. The first-order valence-corrected chi connectivity index (χ1v) is 6.73. The molecule has 0 unspecified atom stereocenters. The van der Waals surface area contributed by atoms with Crippen LogP contribution in [-0.2, 0) is 9.84 Å². The molecule has 0 saturated carbocycles. The van der Waals surface area contributed by atoms with E-state index in [0.29, 0.717) is 20.9 Å². The van der Waals surface area contributed by atoms with E-state index < -0.39 is 9.84 Å². The Hall–Kier alpha value is -1.87. The minimum Gasteiger partial charge on any atom is -0.218 e. The quantitative estimate of drug-likeness (QED) is 0.607. The third kappa shape index (κ3) is 1.29. The number of rotatable bonds is 0. The summed E-state index contributed by atoms with van der Waals surface area (Å²) in [5.41, 5.74) is 2.17. The van der Waals surface area contributed by atoms with Gasteiger partial charge in [-0.25, -0.2) is 8.42 Å². The van der Waals surface area contributed by atoms with Crippen LogP contribution in [0.15, 0.2) is 64.9 Å². The first-order chi connectivity index (χ1) is 8.12. The summed E-state index contributed by atoms with van der Waals surface area (Å²) in [6, 6.07) is 14.0. The molecular weight excluding hydrogens is 232 g/mol. The normalized spacial score (nSPS) is 16.1. The van der Waals surface area contributed by atoms with E-state index in [1.165, 1.54) is 0 Å². The van der Waals surface area contributed by atoms with Gasteiger partial charge in [-0.2, -0.15) is 0 Å². The van der Waals surface area contributed by atoms with E-state index in [2.05, 4.69) is 6.58 Å². The molecule has 0 N–H and O–H groups in total. The molecule has 17 heavy (non-hydrogen) atoms. The summed E-state index contributed by atoms with van der Waals surface area (Å²) in [7, 11) is -3.40. The van der Waals surface area contributed by atoms with Crippen LogP contribution in [0.25, 0.3) is 5.57 Å². The second-order valence-electron chi connectivity index (χ2n) is 3.97. The molecule has 2 aromatic rings. The largest absolute Gasteiger partial charge is 0.218 e. The van der Waals surface area contributed by atoms with Crippen LogP contribution in [0.1, 0.15) is 11.1 Å². The molecule has 2 nitrogen and oxygen atoms in total. The van der Waals surface area contributed by atoms with Gasteiger partial charge in [0, 0.05) is 11.1 Å². The molecule has 0 radical (unpaired) electrons. The Balaban J connectivity index is 2.47. The Morgan fingerprint density at radius 2 is 1.18 bits per heavy atom. The van der Waals surface area contributed by atoms with Gasteiger partial charge in [-0.05, 0) is 17.7 Å². The molecule has 0 saturated heterocycles. The minimum atomic E-state index is -3.40. The molecule has 2 aromatic carbocycles. The molecule has 1 heterocycles. The van der Waals surface area contributed by atoms with Gasteiger partial charge in [-0.3, -0.25) is 0 Å². The summed E-state index contributed by atoms with van der Waals surface area (Å²) < 4.78 is 24.8. The molecule has 0 fully saturated rings. The molecule has 1 aliphatic heterocycles. The molecule has 0 spiro atoms. The summed E-state index contributed by atoms with van der Waals surface area (Å²) >= 11 is 0. The lowest BCUT2D eigenvalue weighted by atomic mass is 9.99. The maximum absolute atomic E-state index is 12.4. The fraction of sp³-hybridized carbons (Fsp3) is 0. The van der Waals surface area contributed by atoms with Crippen molar-refractivity contribution in [3.8, 4) is 0 Å². The number of sulfone groups is 1. The lowest BCUT2D eigenvalue weighted by Crippen LogP contribution is -2.13. The number of benzene rings is 2. The van der Waals surface area contributed by atoms with Gasteiger partial charge in [0.15, 0.2) is 0 Å². The van der Waals surface area contributed by atoms with Crippen LogP contribution in [0.2, 0.25) is 0 Å². The fourth-order valence-corrected chi connectivity index (χ4v) is 3.88. The molecule has 3 rings (SSSR count). The summed E-state index contributed by atoms with van der Waals surface area (Å²) in [4.78, 5) is 0.701.